The molecule has 1 amide bonds. The molecule has 0 aliphatic carbocycles. The summed E-state index contributed by atoms with van der Waals surface area (Å²) in [7, 11) is 0. The fourth-order valence-electron chi connectivity index (χ4n) is 2.87. The van der Waals surface area contributed by atoms with E-state index in [1.807, 2.05) is 0 Å². The van der Waals surface area contributed by atoms with Gasteiger partial charge in [-0.15, -0.1) is 0 Å². The highest BCUT2D eigenvalue weighted by Gasteiger charge is 2.47. The van der Waals surface area contributed by atoms with Gasteiger partial charge in [-0.1, -0.05) is 0 Å². The zero-order valence-electron chi connectivity index (χ0n) is 14.0. The van der Waals surface area contributed by atoms with Gasteiger partial charge in [0.25, 0.3) is 0 Å². The van der Waals surface area contributed by atoms with Crippen LogP contribution in [0.15, 0.2) is 0 Å². The van der Waals surface area contributed by atoms with Crippen molar-refractivity contribution >= 4 is 5.91 Å². The van der Waals surface area contributed by atoms with Gasteiger partial charge < -0.3 is 55.3 Å². The lowest BCUT2D eigenvalue weighted by molar-refractivity contribution is -0.318. The average Bonchev–Trinajstić information content (AvgIpc) is 2.59. The van der Waals surface area contributed by atoms with Crippen molar-refractivity contribution in [1.82, 2.24) is 5.32 Å². The Labute approximate surface area is 148 Å². The molecule has 26 heavy (non-hydrogen) atoms. The van der Waals surface area contributed by atoms with Crippen LogP contribution in [0.2, 0.25) is 0 Å². The van der Waals surface area contributed by atoms with Gasteiger partial charge >= 0.3 is 0 Å². The van der Waals surface area contributed by atoms with Gasteiger partial charge in [0.1, 0.15) is 48.8 Å². The second-order valence-corrected chi connectivity index (χ2v) is 6.30. The number of carbonyl (C=O) groups is 1. The predicted octanol–water partition coefficient (Wildman–Crippen LogP) is -5.25. The molecule has 12 heteroatoms. The molecule has 2 aliphatic rings. The van der Waals surface area contributed by atoms with Gasteiger partial charge in [-0.05, 0) is 0 Å². The van der Waals surface area contributed by atoms with E-state index in [1.165, 1.54) is 6.92 Å². The van der Waals surface area contributed by atoms with E-state index >= 15 is 0 Å². The quantitative estimate of drug-likeness (QED) is 0.226. The lowest BCUT2D eigenvalue weighted by atomic mass is 9.97. The standard InChI is InChI=1S/C14H25NO11/c1-4(17)15-7-10(20)9(19)6(25-13(7)23)3-24-14-12(22)11(21)8(18)5(2-16)26-14/h5-14,16,18-23H,2-3H2,1H3,(H,15,17)/t5-,6-,7-,8-,9-,10+,11-,12-,13+,14+/m0/s1. The Morgan fingerprint density at radius 1 is 0.923 bits per heavy atom. The summed E-state index contributed by atoms with van der Waals surface area (Å²) in [5.74, 6) is -0.542. The average molecular weight is 383 g/mol. The zero-order valence-corrected chi connectivity index (χ0v) is 14.0. The summed E-state index contributed by atoms with van der Waals surface area (Å²) < 4.78 is 15.5. The van der Waals surface area contributed by atoms with E-state index in [0.717, 1.165) is 0 Å². The van der Waals surface area contributed by atoms with Crippen LogP contribution < -0.4 is 5.32 Å². The first-order chi connectivity index (χ1) is 12.2. The van der Waals surface area contributed by atoms with Gasteiger partial charge in [0.15, 0.2) is 12.6 Å². The molecule has 0 bridgehead atoms. The topological polar surface area (TPSA) is 198 Å². The summed E-state index contributed by atoms with van der Waals surface area (Å²) in [4.78, 5) is 11.1. The van der Waals surface area contributed by atoms with Crippen molar-refractivity contribution < 1.29 is 54.8 Å². The highest BCUT2D eigenvalue weighted by Crippen LogP contribution is 2.24. The molecule has 12 nitrogen and oxygen atoms in total. The van der Waals surface area contributed by atoms with Crippen molar-refractivity contribution in [3.8, 4) is 0 Å². The molecule has 0 unspecified atom stereocenters. The molecule has 2 aliphatic heterocycles. The van der Waals surface area contributed by atoms with Crippen molar-refractivity contribution in [2.24, 2.45) is 0 Å². The van der Waals surface area contributed by atoms with Gasteiger partial charge in [-0.3, -0.25) is 4.79 Å². The number of nitrogens with one attached hydrogen (secondary N) is 1. The Bertz CT molecular complexity index is 478. The van der Waals surface area contributed by atoms with Crippen LogP contribution in [0.4, 0.5) is 0 Å². The molecular formula is C14H25NO11. The molecule has 0 aromatic rings. The summed E-state index contributed by atoms with van der Waals surface area (Å²) in [6.07, 6.45) is -13.4. The van der Waals surface area contributed by atoms with Gasteiger partial charge in [0.2, 0.25) is 5.91 Å². The Balaban J connectivity index is 1.95. The number of aliphatic hydroxyl groups excluding tert-OH is 7. The second-order valence-electron chi connectivity index (χ2n) is 6.30. The molecule has 2 rings (SSSR count). The minimum atomic E-state index is -1.64. The molecule has 2 fully saturated rings. The number of carbonyl (C=O) groups excluding carboxylic acids is 1. The molecular weight excluding hydrogens is 358 g/mol. The fourth-order valence-corrected chi connectivity index (χ4v) is 2.87. The number of amides is 1. The summed E-state index contributed by atoms with van der Waals surface area (Å²) in [6, 6.07) is -1.24. The number of rotatable bonds is 5. The van der Waals surface area contributed by atoms with Crippen LogP contribution in [-0.4, -0.2) is 116 Å². The molecule has 2 heterocycles. The van der Waals surface area contributed by atoms with E-state index in [0.29, 0.717) is 0 Å². The lowest BCUT2D eigenvalue weighted by Gasteiger charge is -2.42. The van der Waals surface area contributed by atoms with Crippen molar-refractivity contribution in [1.29, 1.82) is 0 Å². The molecule has 152 valence electrons. The highest BCUT2D eigenvalue weighted by molar-refractivity contribution is 5.73. The van der Waals surface area contributed by atoms with Gasteiger partial charge in [0.05, 0.1) is 13.2 Å². The van der Waals surface area contributed by atoms with Crippen LogP contribution in [0.1, 0.15) is 6.92 Å². The van der Waals surface area contributed by atoms with Crippen LogP contribution in [0.25, 0.3) is 0 Å². The van der Waals surface area contributed by atoms with Crippen LogP contribution in [0, 0.1) is 0 Å². The first kappa shape index (κ1) is 21.4. The lowest BCUT2D eigenvalue weighted by Crippen LogP contribution is -2.64. The first-order valence-electron chi connectivity index (χ1n) is 8.06. The third-order valence-corrected chi connectivity index (χ3v) is 4.36. The molecule has 0 spiro atoms. The minimum Gasteiger partial charge on any atom is -0.394 e. The molecule has 0 aromatic heterocycles. The summed E-state index contributed by atoms with van der Waals surface area (Å²) in [6.45, 7) is 0.0636. The van der Waals surface area contributed by atoms with Gasteiger partial charge in [0, 0.05) is 6.92 Å². The molecule has 2 saturated heterocycles. The van der Waals surface area contributed by atoms with E-state index in [1.54, 1.807) is 0 Å². The van der Waals surface area contributed by atoms with Gasteiger partial charge in [-0.2, -0.15) is 0 Å². The maximum absolute atomic E-state index is 11.1. The molecule has 10 atom stereocenters. The number of hydrogen-bond acceptors (Lipinski definition) is 11. The molecule has 8 N–H and O–H groups in total. The summed E-state index contributed by atoms with van der Waals surface area (Å²) in [5, 5.41) is 70.6. The van der Waals surface area contributed by atoms with E-state index in [2.05, 4.69) is 5.32 Å². The van der Waals surface area contributed by atoms with Crippen molar-refractivity contribution in [2.45, 2.75) is 68.3 Å². The largest absolute Gasteiger partial charge is 0.394 e. The zero-order chi connectivity index (χ0) is 19.6. The fraction of sp³-hybridized carbons (Fsp3) is 0.929. The van der Waals surface area contributed by atoms with E-state index in [9.17, 15) is 35.4 Å². The first-order valence-corrected chi connectivity index (χ1v) is 8.06. The Kier molecular flexibility index (Phi) is 7.27. The van der Waals surface area contributed by atoms with Gasteiger partial charge in [-0.25, -0.2) is 0 Å². The Hall–Kier alpha value is -0.930. The van der Waals surface area contributed by atoms with Crippen molar-refractivity contribution in [2.75, 3.05) is 13.2 Å². The number of hydrogen-bond donors (Lipinski definition) is 8. The smallest absolute Gasteiger partial charge is 0.217 e. The SMILES string of the molecule is CC(=O)N[C@H]1[C@@H](O)[C@@H](O)[C@H](CO[C@@H]2O[C@@H](CO)[C@H](O)[C@H](O)[C@@H]2O)O[C@H]1O. The molecule has 0 radical (unpaired) electrons. The number of ether oxygens (including phenoxy) is 3. The normalized spacial score (nSPS) is 46.8. The van der Waals surface area contributed by atoms with Crippen molar-refractivity contribution in [3.63, 3.8) is 0 Å². The van der Waals surface area contributed by atoms with Crippen LogP contribution in [0.5, 0.6) is 0 Å². The Morgan fingerprint density at radius 3 is 2.12 bits per heavy atom. The summed E-state index contributed by atoms with van der Waals surface area (Å²) in [5.41, 5.74) is 0. The van der Waals surface area contributed by atoms with Crippen LogP contribution in [-0.2, 0) is 19.0 Å². The van der Waals surface area contributed by atoms with Crippen LogP contribution >= 0.6 is 0 Å². The van der Waals surface area contributed by atoms with Crippen molar-refractivity contribution in [3.05, 3.63) is 0 Å². The monoisotopic (exact) mass is 383 g/mol. The third-order valence-electron chi connectivity index (χ3n) is 4.36. The minimum absolute atomic E-state index is 0.467. The van der Waals surface area contributed by atoms with E-state index in [-0.39, 0.29) is 0 Å². The summed E-state index contributed by atoms with van der Waals surface area (Å²) >= 11 is 0. The predicted molar refractivity (Wildman–Crippen MR) is 80.2 cm³/mol. The number of aliphatic hydroxyl groups is 7. The maximum Gasteiger partial charge on any atom is 0.217 e. The second kappa shape index (κ2) is 8.84. The molecule has 0 saturated carbocycles. The Morgan fingerprint density at radius 2 is 1.54 bits per heavy atom. The molecule has 0 aromatic carbocycles. The third kappa shape index (κ3) is 4.48. The van der Waals surface area contributed by atoms with Crippen LogP contribution in [0.3, 0.4) is 0 Å². The van der Waals surface area contributed by atoms with E-state index in [4.69, 9.17) is 19.3 Å². The maximum atomic E-state index is 11.1. The highest BCUT2D eigenvalue weighted by atomic mass is 16.7. The van der Waals surface area contributed by atoms with E-state index < -0.39 is 80.5 Å².